The van der Waals surface area contributed by atoms with Gasteiger partial charge in [-0.25, -0.2) is 0 Å². The molecule has 21 heavy (non-hydrogen) atoms. The van der Waals surface area contributed by atoms with E-state index in [9.17, 15) is 0 Å². The Morgan fingerprint density at radius 2 is 1.67 bits per heavy atom. The van der Waals surface area contributed by atoms with Crippen LogP contribution >= 0.6 is 11.8 Å². The predicted octanol–water partition coefficient (Wildman–Crippen LogP) is 3.75. The van der Waals surface area contributed by atoms with Crippen LogP contribution in [0.3, 0.4) is 0 Å². The molecule has 1 aliphatic heterocycles. The van der Waals surface area contributed by atoms with Gasteiger partial charge < -0.3 is 13.6 Å². The van der Waals surface area contributed by atoms with E-state index in [0.29, 0.717) is 11.2 Å². The topological polar surface area (TPSA) is 27.7 Å². The largest absolute Gasteiger partial charge is 0.397 e. The molecular weight excluding hydrogens is 332 g/mol. The zero-order valence-corrected chi connectivity index (χ0v) is 19.1. The minimum atomic E-state index is -1.57. The molecule has 1 rings (SSSR count). The van der Waals surface area contributed by atoms with Crippen LogP contribution in [0.1, 0.15) is 26.2 Å². The van der Waals surface area contributed by atoms with Crippen molar-refractivity contribution in [1.82, 2.24) is 0 Å². The fourth-order valence-electron chi connectivity index (χ4n) is 2.31. The molecule has 7 heteroatoms. The average molecular weight is 367 g/mol. The summed E-state index contributed by atoms with van der Waals surface area (Å²) in [6.45, 7) is 15.7. The fourth-order valence-corrected chi connectivity index (χ4v) is 10.3. The van der Waals surface area contributed by atoms with Crippen LogP contribution in [0.25, 0.3) is 0 Å². The normalized spacial score (nSPS) is 22.6. The van der Waals surface area contributed by atoms with Gasteiger partial charge in [0.05, 0.1) is 0 Å². The van der Waals surface area contributed by atoms with E-state index in [2.05, 4.69) is 46.2 Å². The Bertz CT molecular complexity index is 283. The summed E-state index contributed by atoms with van der Waals surface area (Å²) in [5.41, 5.74) is 0.806. The van der Waals surface area contributed by atoms with Crippen molar-refractivity contribution in [3.8, 4) is 0 Å². The Labute approximate surface area is 140 Å². The number of ether oxygens (including phenoxy) is 1. The van der Waals surface area contributed by atoms with Crippen LogP contribution in [0.2, 0.25) is 39.3 Å². The van der Waals surface area contributed by atoms with Crippen molar-refractivity contribution in [3.05, 3.63) is 0 Å². The van der Waals surface area contributed by atoms with Crippen LogP contribution < -0.4 is 0 Å². The zero-order valence-electron chi connectivity index (χ0n) is 14.9. The van der Waals surface area contributed by atoms with Gasteiger partial charge in [-0.3, -0.25) is 0 Å². The molecule has 1 aliphatic rings. The summed E-state index contributed by atoms with van der Waals surface area (Å²) < 4.78 is 19.0. The van der Waals surface area contributed by atoms with Crippen molar-refractivity contribution in [2.45, 2.75) is 82.5 Å². The second-order valence-electron chi connectivity index (χ2n) is 7.73. The van der Waals surface area contributed by atoms with Gasteiger partial charge in [0, 0.05) is 5.73 Å². The van der Waals surface area contributed by atoms with Crippen molar-refractivity contribution in [3.63, 3.8) is 0 Å². The third-order valence-electron chi connectivity index (χ3n) is 3.11. The zero-order chi connectivity index (χ0) is 16.1. The second kappa shape index (κ2) is 8.65. The molecule has 126 valence electrons. The lowest BCUT2D eigenvalue weighted by molar-refractivity contribution is 0.0376. The Morgan fingerprint density at radius 1 is 1.10 bits per heavy atom. The molecular formula is C14H34O3SSi3. The van der Waals surface area contributed by atoms with Crippen LogP contribution in [-0.4, -0.2) is 49.0 Å². The monoisotopic (exact) mass is 366 g/mol. The molecule has 2 atom stereocenters. The summed E-state index contributed by atoms with van der Waals surface area (Å²) >= 11 is 1.98. The molecule has 0 aromatic rings. The summed E-state index contributed by atoms with van der Waals surface area (Å²) in [4.78, 5) is 0. The maximum Gasteiger partial charge on any atom is 0.186 e. The van der Waals surface area contributed by atoms with Crippen LogP contribution in [-0.2, 0) is 13.6 Å². The maximum absolute atomic E-state index is 6.34. The lowest BCUT2D eigenvalue weighted by atomic mass is 10.4. The molecule has 2 unspecified atom stereocenters. The van der Waals surface area contributed by atoms with Gasteiger partial charge in [-0.05, 0) is 64.3 Å². The first-order valence-corrected chi connectivity index (χ1v) is 17.7. The van der Waals surface area contributed by atoms with Crippen LogP contribution in [0, 0.1) is 0 Å². The Balaban J connectivity index is 2.58. The predicted molar refractivity (Wildman–Crippen MR) is 102 cm³/mol. The molecule has 0 amide bonds. The highest BCUT2D eigenvalue weighted by atomic mass is 32.2. The second-order valence-corrected chi connectivity index (χ2v) is 20.0. The van der Waals surface area contributed by atoms with Gasteiger partial charge >= 0.3 is 0 Å². The van der Waals surface area contributed by atoms with E-state index in [4.69, 9.17) is 13.6 Å². The summed E-state index contributed by atoms with van der Waals surface area (Å²) in [6, 6.07) is 0. The first-order valence-electron chi connectivity index (χ1n) is 8.22. The van der Waals surface area contributed by atoms with E-state index in [-0.39, 0.29) is 5.91 Å². The maximum atomic E-state index is 6.34. The summed E-state index contributed by atoms with van der Waals surface area (Å²) in [5, 5.41) is 0. The van der Waals surface area contributed by atoms with Crippen molar-refractivity contribution < 1.29 is 13.6 Å². The van der Waals surface area contributed by atoms with E-state index < -0.39 is 26.2 Å². The van der Waals surface area contributed by atoms with Gasteiger partial charge in [0.25, 0.3) is 0 Å². The summed E-state index contributed by atoms with van der Waals surface area (Å²) in [5.74, 6) is 1.29. The Hall–Kier alpha value is 0.881. The minimum absolute atomic E-state index is 0.0414. The smallest absolute Gasteiger partial charge is 0.186 e. The van der Waals surface area contributed by atoms with Gasteiger partial charge in [-0.2, -0.15) is 0 Å². The van der Waals surface area contributed by atoms with E-state index in [1.165, 1.54) is 18.6 Å². The lowest BCUT2D eigenvalue weighted by Crippen LogP contribution is -2.46. The number of hydrogen-bond acceptors (Lipinski definition) is 4. The highest BCUT2D eigenvalue weighted by Crippen LogP contribution is 2.28. The third kappa shape index (κ3) is 9.58. The number of thioether (sulfide) groups is 1. The van der Waals surface area contributed by atoms with Crippen LogP contribution in [0.5, 0.6) is 0 Å². The third-order valence-corrected chi connectivity index (χ3v) is 8.98. The molecule has 1 fully saturated rings. The van der Waals surface area contributed by atoms with Gasteiger partial charge in [0.15, 0.2) is 16.6 Å². The van der Waals surface area contributed by atoms with Crippen LogP contribution in [0.15, 0.2) is 0 Å². The van der Waals surface area contributed by atoms with Gasteiger partial charge in [-0.15, -0.1) is 11.8 Å². The van der Waals surface area contributed by atoms with Crippen molar-refractivity contribution >= 4 is 37.9 Å². The first kappa shape index (κ1) is 19.9. The SMILES string of the molecule is CCC(OC1CCCS1)[SiH2]C(O[Si](C)(C)C)O[Si](C)(C)C. The minimum Gasteiger partial charge on any atom is -0.397 e. The molecule has 0 spiro atoms. The molecule has 0 aromatic heterocycles. The quantitative estimate of drug-likeness (QED) is 0.459. The molecule has 1 heterocycles. The van der Waals surface area contributed by atoms with E-state index in [1.807, 2.05) is 11.8 Å². The molecule has 0 bridgehead atoms. The number of hydrogen-bond donors (Lipinski definition) is 0. The molecule has 0 aliphatic carbocycles. The van der Waals surface area contributed by atoms with Crippen LogP contribution in [0.4, 0.5) is 0 Å². The Kier molecular flexibility index (Phi) is 8.21. The number of rotatable bonds is 9. The standard InChI is InChI=1S/C14H34O3SSi3/c1-8-13(15-12-10-9-11-18-12)19-14(16-20(2,3)4)17-21(5,6)7/h12-14H,8-11,19H2,1-7H3. The molecule has 0 N–H and O–H groups in total. The van der Waals surface area contributed by atoms with Gasteiger partial charge in [0.1, 0.15) is 20.9 Å². The van der Waals surface area contributed by atoms with Crippen molar-refractivity contribution in [2.24, 2.45) is 0 Å². The van der Waals surface area contributed by atoms with E-state index >= 15 is 0 Å². The molecule has 1 saturated heterocycles. The van der Waals surface area contributed by atoms with E-state index in [1.54, 1.807) is 0 Å². The lowest BCUT2D eigenvalue weighted by Gasteiger charge is -2.34. The molecule has 3 nitrogen and oxygen atoms in total. The van der Waals surface area contributed by atoms with Gasteiger partial charge in [0.2, 0.25) is 0 Å². The van der Waals surface area contributed by atoms with Gasteiger partial charge in [-0.1, -0.05) is 6.92 Å². The summed E-state index contributed by atoms with van der Waals surface area (Å²) in [7, 11) is -3.71. The fraction of sp³-hybridized carbons (Fsp3) is 1.00. The highest BCUT2D eigenvalue weighted by Gasteiger charge is 2.30. The van der Waals surface area contributed by atoms with Crippen molar-refractivity contribution in [1.29, 1.82) is 0 Å². The highest BCUT2D eigenvalue weighted by molar-refractivity contribution is 8.00. The van der Waals surface area contributed by atoms with E-state index in [0.717, 1.165) is 6.42 Å². The molecule has 0 aromatic carbocycles. The first-order chi connectivity index (χ1) is 9.59. The summed E-state index contributed by atoms with van der Waals surface area (Å²) in [6.07, 6.45) is 3.60. The Morgan fingerprint density at radius 3 is 2.05 bits per heavy atom. The molecule has 0 saturated carbocycles. The molecule has 0 radical (unpaired) electrons. The average Bonchev–Trinajstić information content (AvgIpc) is 2.76. The van der Waals surface area contributed by atoms with Crippen molar-refractivity contribution in [2.75, 3.05) is 5.75 Å².